The largest absolute Gasteiger partial charge is 0.346 e. The van der Waals surface area contributed by atoms with Crippen molar-refractivity contribution in [1.29, 1.82) is 0 Å². The normalized spacial score (nSPS) is 12.6. The first kappa shape index (κ1) is 16.7. The van der Waals surface area contributed by atoms with Crippen LogP contribution in [0.25, 0.3) is 0 Å². The van der Waals surface area contributed by atoms with E-state index >= 15 is 0 Å². The molecule has 112 valence electrons. The fourth-order valence-electron chi connectivity index (χ4n) is 1.74. The number of likely N-dealkylation sites (N-methyl/N-ethyl adjacent to an activating group) is 1. The van der Waals surface area contributed by atoms with Gasteiger partial charge in [-0.25, -0.2) is 10.8 Å². The van der Waals surface area contributed by atoms with Crippen molar-refractivity contribution in [3.05, 3.63) is 22.8 Å². The Labute approximate surface area is 124 Å². The van der Waals surface area contributed by atoms with Crippen molar-refractivity contribution in [2.24, 2.45) is 11.8 Å². The van der Waals surface area contributed by atoms with Crippen LogP contribution in [0, 0.1) is 5.92 Å². The van der Waals surface area contributed by atoms with Crippen LogP contribution >= 0.6 is 11.6 Å². The maximum absolute atomic E-state index is 12.3. The first-order chi connectivity index (χ1) is 9.35. The average molecular weight is 300 g/mol. The zero-order chi connectivity index (χ0) is 15.3. The van der Waals surface area contributed by atoms with Crippen molar-refractivity contribution in [3.8, 4) is 0 Å². The Balaban J connectivity index is 2.88. The van der Waals surface area contributed by atoms with E-state index in [2.05, 4.69) is 29.6 Å². The molecule has 0 radical (unpaired) electrons. The van der Waals surface area contributed by atoms with Crippen LogP contribution in [0.2, 0.25) is 5.02 Å². The van der Waals surface area contributed by atoms with Crippen LogP contribution in [0.5, 0.6) is 0 Å². The predicted molar refractivity (Wildman–Crippen MR) is 81.7 cm³/mol. The first-order valence-electron chi connectivity index (χ1n) is 6.44. The molecule has 0 fully saturated rings. The summed E-state index contributed by atoms with van der Waals surface area (Å²) in [5, 5.41) is 3.26. The molecule has 0 spiro atoms. The number of hydrogen-bond acceptors (Lipinski definition) is 5. The van der Waals surface area contributed by atoms with Crippen LogP contribution in [0.1, 0.15) is 24.3 Å². The molecule has 0 saturated heterocycles. The molecule has 7 heteroatoms. The van der Waals surface area contributed by atoms with Crippen molar-refractivity contribution in [3.63, 3.8) is 0 Å². The lowest BCUT2D eigenvalue weighted by atomic mass is 10.0. The second-order valence-corrected chi connectivity index (χ2v) is 5.66. The number of nitrogens with two attached hydrogens (primary N) is 1. The summed E-state index contributed by atoms with van der Waals surface area (Å²) in [6.45, 7) is 4.86. The van der Waals surface area contributed by atoms with E-state index in [0.717, 1.165) is 6.54 Å². The predicted octanol–water partition coefficient (Wildman–Crippen LogP) is 1.34. The molecular formula is C13H22ClN5O. The maximum Gasteiger partial charge on any atom is 0.271 e. The molecule has 1 aromatic heterocycles. The minimum absolute atomic E-state index is 0.0184. The Morgan fingerprint density at radius 3 is 2.60 bits per heavy atom. The van der Waals surface area contributed by atoms with Gasteiger partial charge in [0, 0.05) is 12.6 Å². The van der Waals surface area contributed by atoms with Crippen LogP contribution in [-0.4, -0.2) is 42.5 Å². The second kappa shape index (κ2) is 7.42. The number of rotatable bonds is 6. The van der Waals surface area contributed by atoms with Gasteiger partial charge in [0.1, 0.15) is 11.5 Å². The van der Waals surface area contributed by atoms with Gasteiger partial charge in [0.15, 0.2) is 0 Å². The van der Waals surface area contributed by atoms with E-state index in [9.17, 15) is 4.79 Å². The van der Waals surface area contributed by atoms with E-state index in [4.69, 9.17) is 17.4 Å². The second-order valence-electron chi connectivity index (χ2n) is 5.26. The van der Waals surface area contributed by atoms with Gasteiger partial charge in [-0.1, -0.05) is 25.4 Å². The van der Waals surface area contributed by atoms with E-state index in [1.807, 2.05) is 19.0 Å². The Morgan fingerprint density at radius 1 is 1.45 bits per heavy atom. The van der Waals surface area contributed by atoms with Crippen molar-refractivity contribution in [1.82, 2.24) is 15.2 Å². The van der Waals surface area contributed by atoms with Crippen LogP contribution in [0.15, 0.2) is 12.1 Å². The van der Waals surface area contributed by atoms with Gasteiger partial charge in [0.2, 0.25) is 0 Å². The molecular weight excluding hydrogens is 278 g/mol. The fourth-order valence-corrected chi connectivity index (χ4v) is 1.93. The smallest absolute Gasteiger partial charge is 0.271 e. The molecule has 1 atom stereocenters. The topological polar surface area (TPSA) is 83.3 Å². The van der Waals surface area contributed by atoms with Crippen LogP contribution in [0.4, 0.5) is 5.82 Å². The Bertz CT molecular complexity index is 464. The van der Waals surface area contributed by atoms with Gasteiger partial charge in [-0.2, -0.15) is 0 Å². The standard InChI is InChI=1S/C13H22ClN5O/c1-8(2)10(7-19(3)4)16-13(20)12-9(14)5-6-11(17-12)18-15/h5-6,8,10H,7,15H2,1-4H3,(H,16,20)(H,17,18). The number of nitrogens with zero attached hydrogens (tertiary/aromatic N) is 2. The Hall–Kier alpha value is -1.37. The number of anilines is 1. The zero-order valence-electron chi connectivity index (χ0n) is 12.3. The molecule has 1 aromatic rings. The Morgan fingerprint density at radius 2 is 2.10 bits per heavy atom. The highest BCUT2D eigenvalue weighted by molar-refractivity contribution is 6.33. The number of pyridine rings is 1. The lowest BCUT2D eigenvalue weighted by Gasteiger charge is -2.25. The molecule has 4 N–H and O–H groups in total. The summed E-state index contributed by atoms with van der Waals surface area (Å²) in [7, 11) is 3.93. The molecule has 6 nitrogen and oxygen atoms in total. The molecule has 0 aliphatic carbocycles. The van der Waals surface area contributed by atoms with Gasteiger partial charge in [-0.3, -0.25) is 4.79 Å². The number of hydrogen-bond donors (Lipinski definition) is 3. The van der Waals surface area contributed by atoms with Gasteiger partial charge in [-0.05, 0) is 32.1 Å². The third kappa shape index (κ3) is 4.63. The average Bonchev–Trinajstić information content (AvgIpc) is 2.37. The minimum Gasteiger partial charge on any atom is -0.346 e. The van der Waals surface area contributed by atoms with Gasteiger partial charge >= 0.3 is 0 Å². The van der Waals surface area contributed by atoms with Gasteiger partial charge < -0.3 is 15.6 Å². The van der Waals surface area contributed by atoms with Crippen molar-refractivity contribution < 1.29 is 4.79 Å². The van der Waals surface area contributed by atoms with Crippen molar-refractivity contribution in [2.45, 2.75) is 19.9 Å². The van der Waals surface area contributed by atoms with E-state index in [1.165, 1.54) is 0 Å². The number of hydrazine groups is 1. The molecule has 1 unspecified atom stereocenters. The number of halogens is 1. The van der Waals surface area contributed by atoms with E-state index in [0.29, 0.717) is 16.8 Å². The number of carbonyl (C=O) groups excluding carboxylic acids is 1. The third-order valence-corrected chi connectivity index (χ3v) is 3.20. The van der Waals surface area contributed by atoms with Crippen molar-refractivity contribution >= 4 is 23.3 Å². The number of carbonyl (C=O) groups is 1. The molecule has 0 aliphatic heterocycles. The van der Waals surface area contributed by atoms with Crippen LogP contribution in [-0.2, 0) is 0 Å². The molecule has 1 amide bonds. The molecule has 0 aromatic carbocycles. The highest BCUT2D eigenvalue weighted by atomic mass is 35.5. The van der Waals surface area contributed by atoms with Crippen LogP contribution < -0.4 is 16.6 Å². The SMILES string of the molecule is CC(C)C(CN(C)C)NC(=O)c1nc(NN)ccc1Cl. The zero-order valence-corrected chi connectivity index (χ0v) is 13.0. The third-order valence-electron chi connectivity index (χ3n) is 2.89. The summed E-state index contributed by atoms with van der Waals surface area (Å²) < 4.78 is 0. The lowest BCUT2D eigenvalue weighted by Crippen LogP contribution is -2.45. The summed E-state index contributed by atoms with van der Waals surface area (Å²) in [5.74, 6) is 5.69. The number of nitrogen functional groups attached to an aromatic ring is 1. The fraction of sp³-hybridized carbons (Fsp3) is 0.538. The monoisotopic (exact) mass is 299 g/mol. The maximum atomic E-state index is 12.3. The first-order valence-corrected chi connectivity index (χ1v) is 6.81. The van der Waals surface area contributed by atoms with E-state index in [1.54, 1.807) is 12.1 Å². The molecule has 0 bridgehead atoms. The molecule has 0 saturated carbocycles. The van der Waals surface area contributed by atoms with Gasteiger partial charge in [0.25, 0.3) is 5.91 Å². The van der Waals surface area contributed by atoms with Gasteiger partial charge in [-0.15, -0.1) is 0 Å². The van der Waals surface area contributed by atoms with E-state index in [-0.39, 0.29) is 17.6 Å². The summed E-state index contributed by atoms with van der Waals surface area (Å²) >= 11 is 6.01. The number of aromatic nitrogens is 1. The number of nitrogens with one attached hydrogen (secondary N) is 2. The summed E-state index contributed by atoms with van der Waals surface area (Å²) in [5.41, 5.74) is 2.57. The quantitative estimate of drug-likeness (QED) is 0.545. The van der Waals surface area contributed by atoms with E-state index < -0.39 is 0 Å². The Kier molecular flexibility index (Phi) is 6.19. The number of amides is 1. The summed E-state index contributed by atoms with van der Waals surface area (Å²) in [6, 6.07) is 3.22. The molecule has 1 heterocycles. The molecule has 0 aliphatic rings. The summed E-state index contributed by atoms with van der Waals surface area (Å²) in [4.78, 5) is 18.4. The molecule has 1 rings (SSSR count). The highest BCUT2D eigenvalue weighted by Gasteiger charge is 2.20. The van der Waals surface area contributed by atoms with Crippen LogP contribution in [0.3, 0.4) is 0 Å². The highest BCUT2D eigenvalue weighted by Crippen LogP contribution is 2.16. The summed E-state index contributed by atoms with van der Waals surface area (Å²) in [6.07, 6.45) is 0. The van der Waals surface area contributed by atoms with Gasteiger partial charge in [0.05, 0.1) is 5.02 Å². The molecule has 20 heavy (non-hydrogen) atoms. The van der Waals surface area contributed by atoms with Crippen molar-refractivity contribution in [2.75, 3.05) is 26.1 Å². The lowest BCUT2D eigenvalue weighted by molar-refractivity contribution is 0.0912. The minimum atomic E-state index is -0.298.